The Morgan fingerprint density at radius 2 is 2.08 bits per heavy atom. The van der Waals surface area contributed by atoms with E-state index in [1.165, 1.54) is 11.6 Å². The first kappa shape index (κ1) is 7.79. The van der Waals surface area contributed by atoms with Crippen molar-refractivity contribution in [2.75, 3.05) is 0 Å². The van der Waals surface area contributed by atoms with Crippen molar-refractivity contribution in [2.24, 2.45) is 0 Å². The first-order chi connectivity index (χ1) is 5.83. The summed E-state index contributed by atoms with van der Waals surface area (Å²) in [5, 5.41) is 8.35. The molecule has 3 heteroatoms. The molecule has 2 nitrogen and oxygen atoms in total. The third-order valence-electron chi connectivity index (χ3n) is 1.81. The monoisotopic (exact) mass is 270 g/mol. The van der Waals surface area contributed by atoms with Gasteiger partial charge in [-0.2, -0.15) is 0 Å². The molecule has 0 spiro atoms. The molecule has 0 saturated heterocycles. The number of aromatic amines is 1. The maximum atomic E-state index is 7.16. The first-order valence-corrected chi connectivity index (χ1v) is 4.67. The van der Waals surface area contributed by atoms with Crippen molar-refractivity contribution in [3.8, 4) is 0 Å². The highest BCUT2D eigenvalue weighted by molar-refractivity contribution is 14.1. The largest absolute Gasteiger partial charge is 0.353 e. The molecule has 0 aliphatic rings. The third-order valence-corrected chi connectivity index (χ3v) is 2.98. The summed E-state index contributed by atoms with van der Waals surface area (Å²) in [5.41, 5.74) is 1.98. The quantitative estimate of drug-likeness (QED) is 0.591. The summed E-state index contributed by atoms with van der Waals surface area (Å²) >= 11 is 2.25. The van der Waals surface area contributed by atoms with E-state index in [4.69, 9.17) is 5.41 Å². The Balaban J connectivity index is 2.87. The predicted molar refractivity (Wildman–Crippen MR) is 58.9 cm³/mol. The van der Waals surface area contributed by atoms with Gasteiger partial charge in [0.05, 0.1) is 5.69 Å². The summed E-state index contributed by atoms with van der Waals surface area (Å²) in [6.45, 7) is 0. The molecule has 0 unspecified atom stereocenters. The van der Waals surface area contributed by atoms with E-state index in [0.717, 1.165) is 14.8 Å². The van der Waals surface area contributed by atoms with Crippen LogP contribution in [0.3, 0.4) is 0 Å². The zero-order valence-electron chi connectivity index (χ0n) is 6.26. The van der Waals surface area contributed by atoms with Gasteiger partial charge in [-0.3, -0.25) is 0 Å². The zero-order chi connectivity index (χ0) is 8.55. The second-order valence-corrected chi connectivity index (χ2v) is 3.62. The molecule has 1 aromatic heterocycles. The Morgan fingerprint density at radius 3 is 2.75 bits per heavy atom. The molecule has 12 heavy (non-hydrogen) atoms. The van der Waals surface area contributed by atoms with Gasteiger partial charge in [0.15, 0.2) is 0 Å². The van der Waals surface area contributed by atoms with Gasteiger partial charge in [0, 0.05) is 20.7 Å². The SMILES string of the molecule is N=Cc1[nH]c2ccccc2c1I. The van der Waals surface area contributed by atoms with E-state index in [9.17, 15) is 0 Å². The molecule has 0 fully saturated rings. The highest BCUT2D eigenvalue weighted by Gasteiger charge is 2.04. The van der Waals surface area contributed by atoms with Crippen molar-refractivity contribution in [1.82, 2.24) is 4.98 Å². The molecule has 2 rings (SSSR count). The molecule has 1 aromatic carbocycles. The van der Waals surface area contributed by atoms with Crippen molar-refractivity contribution in [1.29, 1.82) is 5.41 Å². The Morgan fingerprint density at radius 1 is 1.33 bits per heavy atom. The van der Waals surface area contributed by atoms with Crippen LogP contribution in [-0.2, 0) is 0 Å². The molecule has 0 radical (unpaired) electrons. The minimum atomic E-state index is 0.886. The molecule has 0 bridgehead atoms. The fourth-order valence-corrected chi connectivity index (χ4v) is 1.99. The molecule has 0 aliphatic carbocycles. The van der Waals surface area contributed by atoms with Crippen LogP contribution in [0.25, 0.3) is 10.9 Å². The van der Waals surface area contributed by atoms with Crippen LogP contribution in [-0.4, -0.2) is 11.2 Å². The van der Waals surface area contributed by atoms with Crippen molar-refractivity contribution >= 4 is 39.7 Å². The number of halogens is 1. The van der Waals surface area contributed by atoms with Gasteiger partial charge < -0.3 is 10.4 Å². The van der Waals surface area contributed by atoms with Gasteiger partial charge in [-0.25, -0.2) is 0 Å². The number of para-hydroxylation sites is 1. The average molecular weight is 270 g/mol. The minimum Gasteiger partial charge on any atom is -0.353 e. The molecule has 0 atom stereocenters. The molecular weight excluding hydrogens is 263 g/mol. The lowest BCUT2D eigenvalue weighted by atomic mass is 10.2. The van der Waals surface area contributed by atoms with Gasteiger partial charge in [-0.15, -0.1) is 0 Å². The van der Waals surface area contributed by atoms with Gasteiger partial charge in [0.2, 0.25) is 0 Å². The van der Waals surface area contributed by atoms with Crippen LogP contribution in [0.2, 0.25) is 0 Å². The van der Waals surface area contributed by atoms with Crippen LogP contribution < -0.4 is 0 Å². The van der Waals surface area contributed by atoms with Crippen molar-refractivity contribution in [3.05, 3.63) is 33.5 Å². The van der Waals surface area contributed by atoms with Gasteiger partial charge in [0.1, 0.15) is 0 Å². The normalized spacial score (nSPS) is 10.4. The van der Waals surface area contributed by atoms with Crippen molar-refractivity contribution < 1.29 is 0 Å². The van der Waals surface area contributed by atoms with E-state index in [0.29, 0.717) is 0 Å². The summed E-state index contributed by atoms with van der Waals surface area (Å²) < 4.78 is 1.12. The predicted octanol–water partition coefficient (Wildman–Crippen LogP) is 2.77. The van der Waals surface area contributed by atoms with Crippen LogP contribution in [0.15, 0.2) is 24.3 Å². The van der Waals surface area contributed by atoms with Crippen molar-refractivity contribution in [3.63, 3.8) is 0 Å². The number of nitrogens with one attached hydrogen (secondary N) is 2. The van der Waals surface area contributed by atoms with Crippen LogP contribution in [0.1, 0.15) is 5.69 Å². The zero-order valence-corrected chi connectivity index (χ0v) is 8.42. The van der Waals surface area contributed by atoms with E-state index < -0.39 is 0 Å². The Labute approximate surface area is 83.6 Å². The number of aromatic nitrogens is 1. The number of benzene rings is 1. The second kappa shape index (κ2) is 2.90. The van der Waals surface area contributed by atoms with Gasteiger partial charge in [-0.1, -0.05) is 18.2 Å². The fraction of sp³-hybridized carbons (Fsp3) is 0. The summed E-state index contributed by atoms with van der Waals surface area (Å²) in [5.74, 6) is 0. The molecular formula is C9H7IN2. The summed E-state index contributed by atoms with van der Waals surface area (Å²) in [4.78, 5) is 3.16. The molecule has 0 amide bonds. The van der Waals surface area contributed by atoms with E-state index in [-0.39, 0.29) is 0 Å². The summed E-state index contributed by atoms with van der Waals surface area (Å²) in [7, 11) is 0. The molecule has 60 valence electrons. The van der Waals surface area contributed by atoms with Crippen LogP contribution in [0.4, 0.5) is 0 Å². The smallest absolute Gasteiger partial charge is 0.0705 e. The fourth-order valence-electron chi connectivity index (χ4n) is 1.23. The van der Waals surface area contributed by atoms with E-state index >= 15 is 0 Å². The Bertz CT molecular complexity index is 431. The number of hydrogen-bond donors (Lipinski definition) is 2. The maximum absolute atomic E-state index is 7.16. The molecule has 2 N–H and O–H groups in total. The van der Waals surface area contributed by atoms with E-state index in [1.807, 2.05) is 18.2 Å². The average Bonchev–Trinajstić information content (AvgIpc) is 2.44. The number of hydrogen-bond acceptors (Lipinski definition) is 1. The van der Waals surface area contributed by atoms with Gasteiger partial charge in [-0.05, 0) is 28.7 Å². The Kier molecular flexibility index (Phi) is 1.88. The van der Waals surface area contributed by atoms with E-state index in [1.54, 1.807) is 0 Å². The highest BCUT2D eigenvalue weighted by atomic mass is 127. The van der Waals surface area contributed by atoms with Gasteiger partial charge >= 0.3 is 0 Å². The Hall–Kier alpha value is -0.840. The van der Waals surface area contributed by atoms with Crippen LogP contribution in [0, 0.1) is 8.98 Å². The molecule has 1 heterocycles. The number of rotatable bonds is 1. The second-order valence-electron chi connectivity index (χ2n) is 2.54. The standard InChI is InChI=1S/C9H7IN2/c10-9-6-3-1-2-4-7(6)12-8(9)5-11/h1-5,11-12H. The maximum Gasteiger partial charge on any atom is 0.0705 e. The van der Waals surface area contributed by atoms with Crippen LogP contribution in [0.5, 0.6) is 0 Å². The summed E-state index contributed by atoms with van der Waals surface area (Å²) in [6, 6.07) is 8.07. The topological polar surface area (TPSA) is 39.6 Å². The lowest BCUT2D eigenvalue weighted by Gasteiger charge is -1.86. The number of fused-ring (bicyclic) bond motifs is 1. The minimum absolute atomic E-state index is 0.886. The molecule has 0 saturated carbocycles. The van der Waals surface area contributed by atoms with Gasteiger partial charge in [0.25, 0.3) is 0 Å². The van der Waals surface area contributed by atoms with Crippen molar-refractivity contribution in [2.45, 2.75) is 0 Å². The lowest BCUT2D eigenvalue weighted by Crippen LogP contribution is -1.79. The number of H-pyrrole nitrogens is 1. The van der Waals surface area contributed by atoms with Crippen LogP contribution >= 0.6 is 22.6 Å². The lowest BCUT2D eigenvalue weighted by molar-refractivity contribution is 1.40. The molecule has 0 aliphatic heterocycles. The summed E-state index contributed by atoms with van der Waals surface area (Å²) in [6.07, 6.45) is 1.35. The third kappa shape index (κ3) is 1.04. The highest BCUT2D eigenvalue weighted by Crippen LogP contribution is 2.22. The molecule has 2 aromatic rings. The first-order valence-electron chi connectivity index (χ1n) is 3.59. The van der Waals surface area contributed by atoms with E-state index in [2.05, 4.69) is 33.6 Å².